The molecule has 0 aliphatic heterocycles. The zero-order valence-corrected chi connectivity index (χ0v) is 15.8. The van der Waals surface area contributed by atoms with Crippen LogP contribution < -0.4 is 0 Å². The zero-order valence-electron chi connectivity index (χ0n) is 14.9. The lowest BCUT2D eigenvalue weighted by Gasteiger charge is -2.05. The maximum atomic E-state index is 11.1. The fourth-order valence-electron chi connectivity index (χ4n) is 1.74. The Labute approximate surface area is 145 Å². The van der Waals surface area contributed by atoms with Gasteiger partial charge in [-0.2, -0.15) is 0 Å². The minimum absolute atomic E-state index is 0.109. The first-order valence-corrected chi connectivity index (χ1v) is 9.91. The Bertz CT molecular complexity index is 365. The number of aliphatic hydroxyl groups excluding tert-OH is 1. The minimum atomic E-state index is -4.30. The Morgan fingerprint density at radius 3 is 1.71 bits per heavy atom. The van der Waals surface area contributed by atoms with Crippen molar-refractivity contribution in [2.45, 2.75) is 65.2 Å². The van der Waals surface area contributed by atoms with Crippen molar-refractivity contribution in [3.63, 3.8) is 0 Å². The topological polar surface area (TPSA) is 113 Å². The van der Waals surface area contributed by atoms with Crippen LogP contribution in [-0.4, -0.2) is 40.7 Å². The number of phosphoric acid groups is 1. The van der Waals surface area contributed by atoms with Crippen molar-refractivity contribution < 1.29 is 33.5 Å². The normalized spacial score (nSPS) is 10.7. The molecule has 0 saturated carbocycles. The fourth-order valence-corrected chi connectivity index (χ4v) is 2.10. The smallest absolute Gasteiger partial charge is 0.462 e. The molecule has 0 unspecified atom stereocenters. The third-order valence-corrected chi connectivity index (χ3v) is 3.40. The van der Waals surface area contributed by atoms with E-state index in [1.165, 1.54) is 0 Å². The number of rotatable bonds is 13. The van der Waals surface area contributed by atoms with Gasteiger partial charge in [0.15, 0.2) is 0 Å². The molecule has 0 aliphatic carbocycles. The Balaban J connectivity index is 0. The summed E-state index contributed by atoms with van der Waals surface area (Å²) in [4.78, 5) is 28.0. The van der Waals surface area contributed by atoms with Crippen molar-refractivity contribution in [3.05, 3.63) is 12.2 Å². The second-order valence-electron chi connectivity index (χ2n) is 5.38. The van der Waals surface area contributed by atoms with Crippen LogP contribution in [0.3, 0.4) is 0 Å². The molecular weight excluding hydrogens is 335 g/mol. The highest BCUT2D eigenvalue weighted by Gasteiger charge is 2.12. The number of hydrogen-bond acceptors (Lipinski definition) is 5. The number of carbonyl (C=O) groups excluding carboxylic acids is 1. The molecule has 0 bridgehead atoms. The number of aliphatic hydroxyl groups is 1. The van der Waals surface area contributed by atoms with E-state index < -0.39 is 7.82 Å². The summed E-state index contributed by atoms with van der Waals surface area (Å²) in [5.41, 5.74) is 0.428. The van der Waals surface area contributed by atoms with E-state index >= 15 is 0 Å². The van der Waals surface area contributed by atoms with Crippen LogP contribution in [0.2, 0.25) is 0 Å². The Morgan fingerprint density at radius 2 is 1.33 bits per heavy atom. The predicted octanol–water partition coefficient (Wildman–Crippen LogP) is 3.33. The quantitative estimate of drug-likeness (QED) is 0.198. The van der Waals surface area contributed by atoms with Crippen molar-refractivity contribution >= 4 is 13.8 Å². The van der Waals surface area contributed by atoms with Gasteiger partial charge < -0.3 is 19.6 Å². The molecule has 7 nitrogen and oxygen atoms in total. The standard InChI is InChI=1S/C14H27O6P.C2H6O/c1-13(2)14(15)19-11-9-7-5-3-4-6-8-10-12-20-21(16,17)18;1-2-3/h1,3-12H2,2H3,(H2,16,17,18);3H,2H2,1H3. The number of unbranched alkanes of at least 4 members (excludes halogenated alkanes) is 7. The molecule has 24 heavy (non-hydrogen) atoms. The van der Waals surface area contributed by atoms with Gasteiger partial charge in [-0.25, -0.2) is 9.36 Å². The largest absolute Gasteiger partial charge is 0.469 e. The molecule has 3 N–H and O–H groups in total. The number of ether oxygens (including phenoxy) is 1. The summed E-state index contributed by atoms with van der Waals surface area (Å²) in [6.45, 7) is 7.63. The Morgan fingerprint density at radius 1 is 0.958 bits per heavy atom. The summed E-state index contributed by atoms with van der Waals surface area (Å²) >= 11 is 0. The molecule has 0 aromatic carbocycles. The van der Waals surface area contributed by atoms with Crippen molar-refractivity contribution in [1.82, 2.24) is 0 Å². The summed E-state index contributed by atoms with van der Waals surface area (Å²) in [5.74, 6) is -0.326. The molecule has 0 rings (SSSR count). The van der Waals surface area contributed by atoms with Gasteiger partial charge in [0.05, 0.1) is 13.2 Å². The number of carbonyl (C=O) groups is 1. The molecule has 0 aromatic rings. The lowest BCUT2D eigenvalue weighted by atomic mass is 10.1. The third kappa shape index (κ3) is 23.5. The van der Waals surface area contributed by atoms with Crippen molar-refractivity contribution in [2.75, 3.05) is 19.8 Å². The third-order valence-electron chi connectivity index (χ3n) is 2.88. The SMILES string of the molecule is C=C(C)C(=O)OCCCCCCCCCCOP(=O)(O)O.CCO. The molecule has 144 valence electrons. The summed E-state index contributed by atoms with van der Waals surface area (Å²) in [5, 5.41) is 7.57. The Hall–Kier alpha value is -0.720. The van der Waals surface area contributed by atoms with Gasteiger partial charge in [-0.1, -0.05) is 45.1 Å². The highest BCUT2D eigenvalue weighted by Crippen LogP contribution is 2.35. The monoisotopic (exact) mass is 368 g/mol. The maximum Gasteiger partial charge on any atom is 0.469 e. The van der Waals surface area contributed by atoms with E-state index in [-0.39, 0.29) is 19.2 Å². The van der Waals surface area contributed by atoms with E-state index in [9.17, 15) is 9.36 Å². The molecule has 0 heterocycles. The van der Waals surface area contributed by atoms with E-state index in [1.54, 1.807) is 13.8 Å². The molecule has 0 fully saturated rings. The zero-order chi connectivity index (χ0) is 18.8. The highest BCUT2D eigenvalue weighted by molar-refractivity contribution is 7.46. The van der Waals surface area contributed by atoms with Gasteiger partial charge in [0.1, 0.15) is 0 Å². The first-order valence-electron chi connectivity index (χ1n) is 8.38. The summed E-state index contributed by atoms with van der Waals surface area (Å²) in [6, 6.07) is 0. The molecule has 0 atom stereocenters. The lowest BCUT2D eigenvalue weighted by Crippen LogP contribution is -2.05. The van der Waals surface area contributed by atoms with Gasteiger partial charge in [-0.05, 0) is 26.7 Å². The van der Waals surface area contributed by atoms with Gasteiger partial charge >= 0.3 is 13.8 Å². The predicted molar refractivity (Wildman–Crippen MR) is 93.5 cm³/mol. The average Bonchev–Trinajstić information content (AvgIpc) is 2.47. The van der Waals surface area contributed by atoms with Crippen LogP contribution >= 0.6 is 7.82 Å². The molecule has 0 aromatic heterocycles. The molecule has 0 amide bonds. The van der Waals surface area contributed by atoms with E-state index in [0.717, 1.165) is 44.9 Å². The van der Waals surface area contributed by atoms with E-state index in [1.807, 2.05) is 0 Å². The first-order chi connectivity index (χ1) is 11.2. The Kier molecular flexibility index (Phi) is 18.2. The van der Waals surface area contributed by atoms with Crippen LogP contribution in [-0.2, 0) is 18.6 Å². The van der Waals surface area contributed by atoms with Crippen molar-refractivity contribution in [2.24, 2.45) is 0 Å². The van der Waals surface area contributed by atoms with Gasteiger partial charge in [0.25, 0.3) is 0 Å². The van der Waals surface area contributed by atoms with E-state index in [4.69, 9.17) is 19.6 Å². The van der Waals surface area contributed by atoms with Crippen LogP contribution in [0.5, 0.6) is 0 Å². The second-order valence-corrected chi connectivity index (χ2v) is 6.62. The number of esters is 1. The van der Waals surface area contributed by atoms with E-state index in [2.05, 4.69) is 11.1 Å². The second kappa shape index (κ2) is 17.1. The number of hydrogen-bond donors (Lipinski definition) is 3. The van der Waals surface area contributed by atoms with E-state index in [0.29, 0.717) is 18.6 Å². The summed E-state index contributed by atoms with van der Waals surface area (Å²) < 4.78 is 19.8. The van der Waals surface area contributed by atoms with Crippen molar-refractivity contribution in [1.29, 1.82) is 0 Å². The van der Waals surface area contributed by atoms with Gasteiger partial charge in [-0.15, -0.1) is 0 Å². The first kappa shape index (κ1) is 25.5. The highest BCUT2D eigenvalue weighted by atomic mass is 31.2. The van der Waals surface area contributed by atoms with Gasteiger partial charge in [0, 0.05) is 12.2 Å². The molecule has 8 heteroatoms. The lowest BCUT2D eigenvalue weighted by molar-refractivity contribution is -0.139. The molecule has 0 saturated heterocycles. The fraction of sp³-hybridized carbons (Fsp3) is 0.812. The molecule has 0 aliphatic rings. The van der Waals surface area contributed by atoms with Gasteiger partial charge in [-0.3, -0.25) is 4.52 Å². The van der Waals surface area contributed by atoms with Crippen LogP contribution in [0, 0.1) is 0 Å². The van der Waals surface area contributed by atoms with Crippen LogP contribution in [0.25, 0.3) is 0 Å². The van der Waals surface area contributed by atoms with Crippen LogP contribution in [0.1, 0.15) is 65.2 Å². The maximum absolute atomic E-state index is 11.1. The van der Waals surface area contributed by atoms with Crippen LogP contribution in [0.4, 0.5) is 0 Å². The summed E-state index contributed by atoms with van der Waals surface area (Å²) in [7, 11) is -4.30. The van der Waals surface area contributed by atoms with Crippen molar-refractivity contribution in [3.8, 4) is 0 Å². The van der Waals surface area contributed by atoms with Crippen LogP contribution in [0.15, 0.2) is 12.2 Å². The molecule has 0 radical (unpaired) electrons. The summed E-state index contributed by atoms with van der Waals surface area (Å²) in [6.07, 6.45) is 7.84. The number of phosphoric ester groups is 1. The van der Waals surface area contributed by atoms with Gasteiger partial charge in [0.2, 0.25) is 0 Å². The average molecular weight is 368 g/mol. The molecular formula is C16H33O7P. The minimum Gasteiger partial charge on any atom is -0.462 e. The molecule has 0 spiro atoms.